The van der Waals surface area contributed by atoms with E-state index in [4.69, 9.17) is 5.10 Å². The van der Waals surface area contributed by atoms with Crippen LogP contribution in [0.1, 0.15) is 36.6 Å². The molecule has 0 radical (unpaired) electrons. The monoisotopic (exact) mass is 469 g/mol. The SMILES string of the molecule is CCSc1nc2n(n1)C(c1cccc3ccccc13)C(C(=O)Nc1cccc(C)c1C)=C(C)N2. The fraction of sp³-hybridized carbons (Fsp3) is 0.222. The van der Waals surface area contributed by atoms with Crippen LogP contribution in [0, 0.1) is 13.8 Å². The van der Waals surface area contributed by atoms with Gasteiger partial charge in [0.1, 0.15) is 6.04 Å². The van der Waals surface area contributed by atoms with E-state index in [2.05, 4.69) is 46.8 Å². The Morgan fingerprint density at radius 1 is 1.06 bits per heavy atom. The number of fused-ring (bicyclic) bond motifs is 2. The Morgan fingerprint density at radius 2 is 1.82 bits per heavy atom. The molecule has 2 N–H and O–H groups in total. The molecule has 2 heterocycles. The average molecular weight is 470 g/mol. The molecule has 172 valence electrons. The van der Waals surface area contributed by atoms with Gasteiger partial charge in [-0.1, -0.05) is 73.3 Å². The van der Waals surface area contributed by atoms with Crippen molar-refractivity contribution in [3.63, 3.8) is 0 Å². The highest BCUT2D eigenvalue weighted by Crippen LogP contribution is 2.39. The standard InChI is InChI=1S/C27H27N5OS/c1-5-34-27-30-26-28-18(4)23(25(33)29-22-15-8-10-16(2)17(22)3)24(32(26)31-27)21-14-9-12-19-11-6-7-13-20(19)21/h6-15,24H,5H2,1-4H3,(H,29,33)(H,28,30,31). The summed E-state index contributed by atoms with van der Waals surface area (Å²) in [6.45, 7) is 8.08. The Bertz CT molecular complexity index is 1430. The zero-order chi connectivity index (χ0) is 23.8. The summed E-state index contributed by atoms with van der Waals surface area (Å²) in [6, 6.07) is 20.0. The third-order valence-corrected chi connectivity index (χ3v) is 7.04. The van der Waals surface area contributed by atoms with Gasteiger partial charge in [0.2, 0.25) is 11.1 Å². The van der Waals surface area contributed by atoms with Gasteiger partial charge in [-0.15, -0.1) is 5.10 Å². The highest BCUT2D eigenvalue weighted by molar-refractivity contribution is 7.99. The van der Waals surface area contributed by atoms with Gasteiger partial charge < -0.3 is 10.6 Å². The van der Waals surface area contributed by atoms with E-state index < -0.39 is 6.04 Å². The number of nitrogens with one attached hydrogen (secondary N) is 2. The first kappa shape index (κ1) is 22.2. The number of benzene rings is 3. The van der Waals surface area contributed by atoms with Gasteiger partial charge in [-0.05, 0) is 60.1 Å². The molecule has 6 nitrogen and oxygen atoms in total. The predicted molar refractivity (Wildman–Crippen MR) is 139 cm³/mol. The fourth-order valence-corrected chi connectivity index (χ4v) is 5.02. The molecule has 1 aliphatic heterocycles. The Morgan fingerprint density at radius 3 is 2.65 bits per heavy atom. The third kappa shape index (κ3) is 3.86. The van der Waals surface area contributed by atoms with Crippen LogP contribution in [-0.2, 0) is 4.79 Å². The number of nitrogens with zero attached hydrogens (tertiary/aromatic N) is 3. The number of anilines is 2. The van der Waals surface area contributed by atoms with Crippen molar-refractivity contribution >= 4 is 40.1 Å². The number of allylic oxidation sites excluding steroid dienone is 1. The van der Waals surface area contributed by atoms with Gasteiger partial charge in [-0.25, -0.2) is 4.68 Å². The topological polar surface area (TPSA) is 71.8 Å². The van der Waals surface area contributed by atoms with Crippen LogP contribution < -0.4 is 10.6 Å². The Balaban J connectivity index is 1.67. The number of hydrogen-bond donors (Lipinski definition) is 2. The molecule has 1 aromatic heterocycles. The lowest BCUT2D eigenvalue weighted by Gasteiger charge is -2.29. The van der Waals surface area contributed by atoms with Crippen molar-refractivity contribution in [3.8, 4) is 0 Å². The number of amides is 1. The number of carbonyl (C=O) groups is 1. The zero-order valence-corrected chi connectivity index (χ0v) is 20.5. The largest absolute Gasteiger partial charge is 0.328 e. The summed E-state index contributed by atoms with van der Waals surface area (Å²) in [6.07, 6.45) is 0. The van der Waals surface area contributed by atoms with Crippen LogP contribution in [0.5, 0.6) is 0 Å². The van der Waals surface area contributed by atoms with Crippen molar-refractivity contribution in [2.75, 3.05) is 16.4 Å². The fourth-order valence-electron chi connectivity index (χ4n) is 4.47. The summed E-state index contributed by atoms with van der Waals surface area (Å²) in [7, 11) is 0. The summed E-state index contributed by atoms with van der Waals surface area (Å²) >= 11 is 1.58. The van der Waals surface area contributed by atoms with Crippen molar-refractivity contribution in [2.45, 2.75) is 38.9 Å². The quantitative estimate of drug-likeness (QED) is 0.346. The molecule has 7 heteroatoms. The maximum atomic E-state index is 13.8. The van der Waals surface area contributed by atoms with E-state index in [0.29, 0.717) is 16.7 Å². The van der Waals surface area contributed by atoms with Crippen molar-refractivity contribution in [1.29, 1.82) is 0 Å². The van der Waals surface area contributed by atoms with Crippen molar-refractivity contribution in [3.05, 3.63) is 88.6 Å². The smallest absolute Gasteiger partial charge is 0.255 e. The molecule has 1 unspecified atom stereocenters. The summed E-state index contributed by atoms with van der Waals surface area (Å²) < 4.78 is 1.85. The van der Waals surface area contributed by atoms with Crippen molar-refractivity contribution in [2.24, 2.45) is 0 Å². The third-order valence-electron chi connectivity index (χ3n) is 6.32. The molecule has 4 aromatic rings. The molecule has 0 bridgehead atoms. The van der Waals surface area contributed by atoms with E-state index in [0.717, 1.165) is 44.6 Å². The Kier molecular flexibility index (Phi) is 5.87. The summed E-state index contributed by atoms with van der Waals surface area (Å²) in [5, 5.41) is 14.2. The lowest BCUT2D eigenvalue weighted by atomic mass is 9.91. The summed E-state index contributed by atoms with van der Waals surface area (Å²) in [5.41, 5.74) is 5.42. The van der Waals surface area contributed by atoms with Crippen molar-refractivity contribution < 1.29 is 4.79 Å². The average Bonchev–Trinajstić information content (AvgIpc) is 3.23. The van der Waals surface area contributed by atoms with Crippen LogP contribution in [0.25, 0.3) is 10.8 Å². The molecule has 0 fully saturated rings. The van der Waals surface area contributed by atoms with Crippen molar-refractivity contribution in [1.82, 2.24) is 14.8 Å². The Hall–Kier alpha value is -3.58. The van der Waals surface area contributed by atoms with Crippen LogP contribution in [0.3, 0.4) is 0 Å². The van der Waals surface area contributed by atoms with Gasteiger partial charge >= 0.3 is 0 Å². The van der Waals surface area contributed by atoms with E-state index in [1.807, 2.05) is 61.9 Å². The van der Waals surface area contributed by atoms with E-state index in [1.165, 1.54) is 0 Å². The van der Waals surface area contributed by atoms with Crippen LogP contribution >= 0.6 is 11.8 Å². The zero-order valence-electron chi connectivity index (χ0n) is 19.7. The number of hydrogen-bond acceptors (Lipinski definition) is 5. The molecular formula is C27H27N5OS. The first-order valence-corrected chi connectivity index (χ1v) is 12.4. The highest BCUT2D eigenvalue weighted by Gasteiger charge is 2.35. The minimum atomic E-state index is -0.411. The molecule has 0 spiro atoms. The van der Waals surface area contributed by atoms with Crippen LogP contribution in [0.4, 0.5) is 11.6 Å². The summed E-state index contributed by atoms with van der Waals surface area (Å²) in [5.74, 6) is 1.37. The molecular weight excluding hydrogens is 442 g/mol. The lowest BCUT2D eigenvalue weighted by molar-refractivity contribution is -0.113. The molecule has 0 aliphatic carbocycles. The molecule has 34 heavy (non-hydrogen) atoms. The number of aryl methyl sites for hydroxylation is 1. The molecule has 0 saturated carbocycles. The first-order chi connectivity index (χ1) is 16.5. The van der Waals surface area contributed by atoms with Gasteiger partial charge in [0, 0.05) is 11.4 Å². The molecule has 1 aliphatic rings. The second-order valence-electron chi connectivity index (χ2n) is 8.43. The minimum Gasteiger partial charge on any atom is -0.328 e. The Labute approximate surface area is 203 Å². The second kappa shape index (κ2) is 8.99. The van der Waals surface area contributed by atoms with Crippen LogP contribution in [-0.4, -0.2) is 26.4 Å². The normalized spacial score (nSPS) is 15.2. The number of rotatable bonds is 5. The minimum absolute atomic E-state index is 0.150. The van der Waals surface area contributed by atoms with Gasteiger partial charge in [0.05, 0.1) is 5.57 Å². The van der Waals surface area contributed by atoms with Gasteiger partial charge in [-0.3, -0.25) is 4.79 Å². The van der Waals surface area contributed by atoms with Crippen LogP contribution in [0.2, 0.25) is 0 Å². The predicted octanol–water partition coefficient (Wildman–Crippen LogP) is 6.09. The van der Waals surface area contributed by atoms with Gasteiger partial charge in [0.15, 0.2) is 0 Å². The maximum absolute atomic E-state index is 13.8. The van der Waals surface area contributed by atoms with E-state index in [-0.39, 0.29) is 5.91 Å². The highest BCUT2D eigenvalue weighted by atomic mass is 32.2. The van der Waals surface area contributed by atoms with Gasteiger partial charge in [-0.2, -0.15) is 4.98 Å². The number of carbonyl (C=O) groups excluding carboxylic acids is 1. The van der Waals surface area contributed by atoms with E-state index in [9.17, 15) is 4.79 Å². The number of thioether (sulfide) groups is 1. The van der Waals surface area contributed by atoms with E-state index >= 15 is 0 Å². The van der Waals surface area contributed by atoms with E-state index in [1.54, 1.807) is 11.8 Å². The molecule has 1 atom stereocenters. The lowest BCUT2D eigenvalue weighted by Crippen LogP contribution is -2.31. The molecule has 5 rings (SSSR count). The maximum Gasteiger partial charge on any atom is 0.255 e. The summed E-state index contributed by atoms with van der Waals surface area (Å²) in [4.78, 5) is 18.5. The molecule has 3 aromatic carbocycles. The van der Waals surface area contributed by atoms with Gasteiger partial charge in [0.25, 0.3) is 5.91 Å². The van der Waals surface area contributed by atoms with Crippen LogP contribution in [0.15, 0.2) is 77.1 Å². The second-order valence-corrected chi connectivity index (χ2v) is 9.66. The number of aromatic nitrogens is 3. The molecule has 1 amide bonds. The molecule has 0 saturated heterocycles. The first-order valence-electron chi connectivity index (χ1n) is 11.4.